The van der Waals surface area contributed by atoms with E-state index in [4.69, 9.17) is 10.9 Å². The van der Waals surface area contributed by atoms with E-state index in [9.17, 15) is 4.79 Å². The number of fused-ring (bicyclic) bond motifs is 1. The van der Waals surface area contributed by atoms with Crippen LogP contribution in [-0.2, 0) is 4.79 Å². The number of rotatable bonds is 2. The number of nitrogens with zero attached hydrogens (tertiary/aromatic N) is 3. The predicted octanol–water partition coefficient (Wildman–Crippen LogP) is 0.540. The van der Waals surface area contributed by atoms with Crippen LogP contribution in [0.25, 0.3) is 10.9 Å². The lowest BCUT2D eigenvalue weighted by molar-refractivity contribution is -0.117. The van der Waals surface area contributed by atoms with Crippen LogP contribution in [0, 0.1) is 0 Å². The zero-order valence-corrected chi connectivity index (χ0v) is 10.0. The molecule has 1 fully saturated rings. The summed E-state index contributed by atoms with van der Waals surface area (Å²) < 4.78 is 0. The number of pyridine rings is 1. The van der Waals surface area contributed by atoms with E-state index in [0.717, 1.165) is 10.9 Å². The van der Waals surface area contributed by atoms with Crippen molar-refractivity contribution >= 4 is 22.6 Å². The molecule has 1 aliphatic rings. The van der Waals surface area contributed by atoms with Gasteiger partial charge < -0.3 is 15.8 Å². The van der Waals surface area contributed by atoms with Gasteiger partial charge in [-0.3, -0.25) is 4.79 Å². The maximum absolute atomic E-state index is 11.1. The molecule has 1 atom stereocenters. The molecule has 0 spiro atoms. The van der Waals surface area contributed by atoms with Crippen LogP contribution in [0.2, 0.25) is 0 Å². The predicted molar refractivity (Wildman–Crippen MR) is 69.8 cm³/mol. The van der Waals surface area contributed by atoms with E-state index in [1.165, 1.54) is 0 Å². The molecular weight excluding hydrogens is 244 g/mol. The van der Waals surface area contributed by atoms with Crippen molar-refractivity contribution < 1.29 is 10.0 Å². The van der Waals surface area contributed by atoms with Crippen molar-refractivity contribution in [3.8, 4) is 0 Å². The third-order valence-electron chi connectivity index (χ3n) is 3.13. The molecular formula is C13H12N4O2. The number of primary amides is 1. The van der Waals surface area contributed by atoms with Crippen molar-refractivity contribution in [1.82, 2.24) is 9.88 Å². The van der Waals surface area contributed by atoms with Gasteiger partial charge >= 0.3 is 0 Å². The molecule has 3 N–H and O–H groups in total. The molecule has 6 heteroatoms. The first-order chi connectivity index (χ1) is 9.20. The number of amidine groups is 1. The number of oxime groups is 1. The van der Waals surface area contributed by atoms with Crippen molar-refractivity contribution in [3.05, 3.63) is 42.1 Å². The zero-order chi connectivity index (χ0) is 13.4. The minimum Gasteiger partial charge on any atom is -0.409 e. The Morgan fingerprint density at radius 3 is 2.84 bits per heavy atom. The summed E-state index contributed by atoms with van der Waals surface area (Å²) in [4.78, 5) is 17.1. The quantitative estimate of drug-likeness (QED) is 0.270. The van der Waals surface area contributed by atoms with Crippen LogP contribution in [0.1, 0.15) is 5.69 Å². The van der Waals surface area contributed by atoms with Gasteiger partial charge in [-0.15, -0.1) is 0 Å². The summed E-state index contributed by atoms with van der Waals surface area (Å²) in [5.41, 5.74) is 6.53. The lowest BCUT2D eigenvalue weighted by Gasteiger charge is -2.07. The number of nitrogens with two attached hydrogens (primary N) is 1. The molecule has 0 saturated carbocycles. The number of carbonyl (C=O) groups excluding carboxylic acids is 1. The summed E-state index contributed by atoms with van der Waals surface area (Å²) in [7, 11) is 0. The summed E-state index contributed by atoms with van der Waals surface area (Å²) in [5.74, 6) is -0.156. The van der Waals surface area contributed by atoms with Gasteiger partial charge in [-0.1, -0.05) is 29.4 Å². The summed E-state index contributed by atoms with van der Waals surface area (Å²) in [6.45, 7) is 0.462. The topological polar surface area (TPSA) is 91.6 Å². The van der Waals surface area contributed by atoms with Crippen LogP contribution in [-0.4, -0.2) is 39.4 Å². The number of para-hydroxylation sites is 1. The van der Waals surface area contributed by atoms with Gasteiger partial charge in [-0.25, -0.2) is 4.98 Å². The van der Waals surface area contributed by atoms with E-state index < -0.39 is 11.9 Å². The van der Waals surface area contributed by atoms with E-state index in [1.807, 2.05) is 30.3 Å². The Kier molecular flexibility index (Phi) is 2.56. The Hall–Kier alpha value is -2.63. The molecule has 96 valence electrons. The SMILES string of the molecule is NC(=O)C1CN1/C(=N/O)c1ccc2ccccc2n1. The Morgan fingerprint density at radius 2 is 2.16 bits per heavy atom. The second-order valence-electron chi connectivity index (χ2n) is 4.38. The van der Waals surface area contributed by atoms with Gasteiger partial charge in [0.25, 0.3) is 0 Å². The summed E-state index contributed by atoms with van der Waals surface area (Å²) >= 11 is 0. The van der Waals surface area contributed by atoms with Crippen LogP contribution >= 0.6 is 0 Å². The number of hydrogen-bond donors (Lipinski definition) is 2. The highest BCUT2D eigenvalue weighted by Gasteiger charge is 2.42. The lowest BCUT2D eigenvalue weighted by atomic mass is 10.2. The average Bonchev–Trinajstić information content (AvgIpc) is 3.20. The fourth-order valence-electron chi connectivity index (χ4n) is 2.06. The fourth-order valence-corrected chi connectivity index (χ4v) is 2.06. The number of benzene rings is 1. The van der Waals surface area contributed by atoms with Crippen LogP contribution in [0.5, 0.6) is 0 Å². The van der Waals surface area contributed by atoms with Gasteiger partial charge in [-0.2, -0.15) is 0 Å². The van der Waals surface area contributed by atoms with E-state index in [2.05, 4.69) is 10.1 Å². The summed E-state index contributed by atoms with van der Waals surface area (Å²) in [6.07, 6.45) is 0. The molecule has 3 rings (SSSR count). The van der Waals surface area contributed by atoms with Crippen LogP contribution in [0.3, 0.4) is 0 Å². The highest BCUT2D eigenvalue weighted by Crippen LogP contribution is 2.22. The van der Waals surface area contributed by atoms with Crippen molar-refractivity contribution in [3.63, 3.8) is 0 Å². The first-order valence-corrected chi connectivity index (χ1v) is 5.85. The van der Waals surface area contributed by atoms with Crippen LogP contribution in [0.4, 0.5) is 0 Å². The zero-order valence-electron chi connectivity index (χ0n) is 10.0. The fraction of sp³-hybridized carbons (Fsp3) is 0.154. The number of hydrogen-bond acceptors (Lipinski definition) is 4. The summed E-state index contributed by atoms with van der Waals surface area (Å²) in [6, 6.07) is 10.9. The number of amides is 1. The van der Waals surface area contributed by atoms with E-state index in [1.54, 1.807) is 11.0 Å². The first kappa shape index (κ1) is 11.5. The van der Waals surface area contributed by atoms with E-state index >= 15 is 0 Å². The van der Waals surface area contributed by atoms with Gasteiger partial charge in [-0.05, 0) is 12.1 Å². The molecule has 1 aliphatic heterocycles. The molecule has 6 nitrogen and oxygen atoms in total. The van der Waals surface area contributed by atoms with E-state index in [0.29, 0.717) is 12.2 Å². The summed E-state index contributed by atoms with van der Waals surface area (Å²) in [5, 5.41) is 13.3. The van der Waals surface area contributed by atoms with Gasteiger partial charge in [0.2, 0.25) is 5.91 Å². The normalized spacial score (nSPS) is 18.6. The maximum atomic E-state index is 11.1. The van der Waals surface area contributed by atoms with E-state index in [-0.39, 0.29) is 5.84 Å². The van der Waals surface area contributed by atoms with Gasteiger partial charge in [0.1, 0.15) is 11.7 Å². The van der Waals surface area contributed by atoms with Crippen molar-refractivity contribution in [2.24, 2.45) is 10.9 Å². The number of carbonyl (C=O) groups is 1. The van der Waals surface area contributed by atoms with Gasteiger partial charge in [0.15, 0.2) is 5.84 Å². The molecule has 1 aromatic heterocycles. The molecule has 1 aromatic carbocycles. The van der Waals surface area contributed by atoms with Crippen LogP contribution in [0.15, 0.2) is 41.6 Å². The molecule has 1 saturated heterocycles. The molecule has 19 heavy (non-hydrogen) atoms. The molecule has 0 bridgehead atoms. The highest BCUT2D eigenvalue weighted by molar-refractivity contribution is 6.03. The van der Waals surface area contributed by atoms with Crippen molar-refractivity contribution in [1.29, 1.82) is 0 Å². The average molecular weight is 256 g/mol. The molecule has 0 radical (unpaired) electrons. The molecule has 1 amide bonds. The highest BCUT2D eigenvalue weighted by atomic mass is 16.4. The Morgan fingerprint density at radius 1 is 1.37 bits per heavy atom. The Balaban J connectivity index is 1.97. The minimum absolute atomic E-state index is 0.273. The van der Waals surface area contributed by atoms with Crippen LogP contribution < -0.4 is 5.73 Å². The first-order valence-electron chi connectivity index (χ1n) is 5.85. The monoisotopic (exact) mass is 256 g/mol. The largest absolute Gasteiger partial charge is 0.409 e. The maximum Gasteiger partial charge on any atom is 0.242 e. The molecule has 0 aliphatic carbocycles. The molecule has 1 unspecified atom stereocenters. The third kappa shape index (κ3) is 1.97. The Labute approximate surface area is 109 Å². The smallest absolute Gasteiger partial charge is 0.242 e. The van der Waals surface area contributed by atoms with Crippen molar-refractivity contribution in [2.75, 3.05) is 6.54 Å². The van der Waals surface area contributed by atoms with Crippen molar-refractivity contribution in [2.45, 2.75) is 6.04 Å². The second kappa shape index (κ2) is 4.24. The minimum atomic E-state index is -0.429. The number of aromatic nitrogens is 1. The Bertz CT molecular complexity index is 683. The molecule has 2 aromatic rings. The lowest BCUT2D eigenvalue weighted by Crippen LogP contribution is -2.25. The molecule has 2 heterocycles. The van der Waals surface area contributed by atoms with Gasteiger partial charge in [0.05, 0.1) is 5.52 Å². The third-order valence-corrected chi connectivity index (χ3v) is 3.13. The van der Waals surface area contributed by atoms with Gasteiger partial charge in [0, 0.05) is 11.9 Å². The standard InChI is InChI=1S/C13H12N4O2/c14-12(18)11-7-17(11)13(16-19)10-6-5-8-3-1-2-4-9(8)15-10/h1-6,11,19H,7H2,(H2,14,18)/b16-13+. The second-order valence-corrected chi connectivity index (χ2v) is 4.38.